The SMILES string of the molecule is Cc1ccc([C@H]2[C@@H](c3ccccn3)NC(=S)N2CCC(=O)Nc2ccc(F)cc2)[nH]1. The minimum Gasteiger partial charge on any atom is -0.361 e. The molecular formula is C22H22FN5OS. The van der Waals surface area contributed by atoms with Crippen molar-refractivity contribution in [2.45, 2.75) is 25.4 Å². The Bertz CT molecular complexity index is 1040. The number of benzene rings is 1. The summed E-state index contributed by atoms with van der Waals surface area (Å²) in [6.45, 7) is 2.44. The zero-order chi connectivity index (χ0) is 21.1. The number of nitrogens with one attached hydrogen (secondary N) is 3. The Morgan fingerprint density at radius 1 is 1.20 bits per heavy atom. The van der Waals surface area contributed by atoms with E-state index >= 15 is 0 Å². The van der Waals surface area contributed by atoms with Gasteiger partial charge in [-0.1, -0.05) is 6.07 Å². The molecule has 2 atom stereocenters. The zero-order valence-corrected chi connectivity index (χ0v) is 17.2. The number of thiocarbonyl (C=S) groups is 1. The molecule has 8 heteroatoms. The van der Waals surface area contributed by atoms with Crippen molar-refractivity contribution in [3.8, 4) is 0 Å². The first-order valence-electron chi connectivity index (χ1n) is 9.70. The first-order chi connectivity index (χ1) is 14.5. The summed E-state index contributed by atoms with van der Waals surface area (Å²) < 4.78 is 13.1. The zero-order valence-electron chi connectivity index (χ0n) is 16.4. The molecule has 0 radical (unpaired) electrons. The number of carbonyl (C=O) groups excluding carboxylic acids is 1. The monoisotopic (exact) mass is 423 g/mol. The highest BCUT2D eigenvalue weighted by molar-refractivity contribution is 7.80. The molecule has 1 aliphatic rings. The fourth-order valence-electron chi connectivity index (χ4n) is 3.66. The highest BCUT2D eigenvalue weighted by Gasteiger charge is 2.40. The van der Waals surface area contributed by atoms with Crippen molar-refractivity contribution < 1.29 is 9.18 Å². The molecular weight excluding hydrogens is 401 g/mol. The van der Waals surface area contributed by atoms with Crippen molar-refractivity contribution in [2.24, 2.45) is 0 Å². The summed E-state index contributed by atoms with van der Waals surface area (Å²) in [6, 6.07) is 15.3. The number of aryl methyl sites for hydroxylation is 1. The average Bonchev–Trinajstić information content (AvgIpc) is 3.31. The Kier molecular flexibility index (Phi) is 5.76. The molecule has 0 bridgehead atoms. The highest BCUT2D eigenvalue weighted by Crippen LogP contribution is 2.38. The molecule has 0 aliphatic carbocycles. The molecule has 1 aliphatic heterocycles. The van der Waals surface area contributed by atoms with Crippen molar-refractivity contribution in [1.29, 1.82) is 0 Å². The van der Waals surface area contributed by atoms with Gasteiger partial charge in [0.15, 0.2) is 5.11 Å². The fourth-order valence-corrected chi connectivity index (χ4v) is 3.99. The van der Waals surface area contributed by atoms with E-state index in [0.29, 0.717) is 17.3 Å². The molecule has 154 valence electrons. The van der Waals surface area contributed by atoms with Crippen molar-refractivity contribution in [2.75, 3.05) is 11.9 Å². The summed E-state index contributed by atoms with van der Waals surface area (Å²) >= 11 is 5.60. The van der Waals surface area contributed by atoms with Crippen LogP contribution in [0.25, 0.3) is 0 Å². The lowest BCUT2D eigenvalue weighted by molar-refractivity contribution is -0.116. The number of carbonyl (C=O) groups is 1. The second-order valence-electron chi connectivity index (χ2n) is 7.22. The second kappa shape index (κ2) is 8.62. The molecule has 6 nitrogen and oxygen atoms in total. The third kappa shape index (κ3) is 4.33. The first kappa shape index (κ1) is 20.0. The summed E-state index contributed by atoms with van der Waals surface area (Å²) in [5, 5.41) is 6.73. The molecule has 3 N–H and O–H groups in total. The van der Waals surface area contributed by atoms with Crippen molar-refractivity contribution in [1.82, 2.24) is 20.2 Å². The van der Waals surface area contributed by atoms with Crippen LogP contribution in [0.2, 0.25) is 0 Å². The van der Waals surface area contributed by atoms with E-state index in [-0.39, 0.29) is 30.2 Å². The Balaban J connectivity index is 1.51. The molecule has 3 aromatic rings. The van der Waals surface area contributed by atoms with E-state index < -0.39 is 0 Å². The van der Waals surface area contributed by atoms with Crippen LogP contribution in [0.3, 0.4) is 0 Å². The van der Waals surface area contributed by atoms with E-state index in [1.54, 1.807) is 6.20 Å². The summed E-state index contributed by atoms with van der Waals surface area (Å²) in [5.74, 6) is -0.502. The van der Waals surface area contributed by atoms with E-state index in [1.165, 1.54) is 24.3 Å². The standard InChI is InChI=1S/C22H22FN5OS/c1-14-5-10-18(25-14)21-20(17-4-2-3-12-24-17)27-22(30)28(21)13-11-19(29)26-16-8-6-15(23)7-9-16/h2-10,12,20-21,25H,11,13H2,1H3,(H,26,29)(H,27,30)/t20-,21+/m1/s1. The fraction of sp³-hybridized carbons (Fsp3) is 0.227. The summed E-state index contributed by atoms with van der Waals surface area (Å²) in [4.78, 5) is 22.4. The number of pyridine rings is 1. The molecule has 30 heavy (non-hydrogen) atoms. The maximum absolute atomic E-state index is 13.1. The van der Waals surface area contributed by atoms with E-state index in [1.807, 2.05) is 42.2 Å². The quantitative estimate of drug-likeness (QED) is 0.525. The number of halogens is 1. The minimum absolute atomic E-state index is 0.111. The molecule has 1 fully saturated rings. The topological polar surface area (TPSA) is 73.1 Å². The van der Waals surface area contributed by atoms with E-state index in [4.69, 9.17) is 12.2 Å². The van der Waals surface area contributed by atoms with Gasteiger partial charge in [0.1, 0.15) is 5.82 Å². The van der Waals surface area contributed by atoms with Gasteiger partial charge in [0.05, 0.1) is 17.8 Å². The smallest absolute Gasteiger partial charge is 0.226 e. The largest absolute Gasteiger partial charge is 0.361 e. The second-order valence-corrected chi connectivity index (χ2v) is 7.61. The molecule has 0 spiro atoms. The van der Waals surface area contributed by atoms with Crippen LogP contribution >= 0.6 is 12.2 Å². The maximum Gasteiger partial charge on any atom is 0.226 e. The minimum atomic E-state index is -0.342. The van der Waals surface area contributed by atoms with Gasteiger partial charge in [0.25, 0.3) is 0 Å². The molecule has 0 unspecified atom stereocenters. The molecule has 4 rings (SSSR count). The third-order valence-electron chi connectivity index (χ3n) is 5.08. The van der Waals surface area contributed by atoms with Gasteiger partial charge in [-0.3, -0.25) is 9.78 Å². The van der Waals surface area contributed by atoms with Gasteiger partial charge in [0, 0.05) is 36.2 Å². The van der Waals surface area contributed by atoms with Crippen LogP contribution < -0.4 is 10.6 Å². The Labute approximate surface area is 179 Å². The Morgan fingerprint density at radius 2 is 2.00 bits per heavy atom. The Morgan fingerprint density at radius 3 is 2.67 bits per heavy atom. The Hall–Kier alpha value is -3.26. The van der Waals surface area contributed by atoms with Crippen LogP contribution in [0, 0.1) is 12.7 Å². The number of amides is 1. The van der Waals surface area contributed by atoms with Crippen LogP contribution in [0.1, 0.15) is 35.6 Å². The molecule has 2 aromatic heterocycles. The van der Waals surface area contributed by atoms with E-state index in [9.17, 15) is 9.18 Å². The van der Waals surface area contributed by atoms with Gasteiger partial charge in [-0.15, -0.1) is 0 Å². The lowest BCUT2D eigenvalue weighted by Crippen LogP contribution is -2.32. The number of aromatic amines is 1. The predicted octanol–water partition coefficient (Wildman–Crippen LogP) is 3.86. The number of aromatic nitrogens is 2. The van der Waals surface area contributed by atoms with Crippen molar-refractivity contribution in [3.63, 3.8) is 0 Å². The van der Waals surface area contributed by atoms with E-state index in [0.717, 1.165) is 17.1 Å². The van der Waals surface area contributed by atoms with Gasteiger partial charge in [-0.25, -0.2) is 4.39 Å². The van der Waals surface area contributed by atoms with Crippen LogP contribution in [0.4, 0.5) is 10.1 Å². The number of rotatable bonds is 6. The summed E-state index contributed by atoms with van der Waals surface area (Å²) in [6.07, 6.45) is 2.00. The van der Waals surface area contributed by atoms with Gasteiger partial charge in [0.2, 0.25) is 5.91 Å². The maximum atomic E-state index is 13.1. The number of H-pyrrole nitrogens is 1. The molecule has 1 saturated heterocycles. The molecule has 1 amide bonds. The average molecular weight is 424 g/mol. The number of anilines is 1. The summed E-state index contributed by atoms with van der Waals surface area (Å²) in [7, 11) is 0. The molecule has 3 heterocycles. The first-order valence-corrected chi connectivity index (χ1v) is 10.1. The highest BCUT2D eigenvalue weighted by atomic mass is 32.1. The van der Waals surface area contributed by atoms with Crippen LogP contribution in [0.5, 0.6) is 0 Å². The lowest BCUT2D eigenvalue weighted by Gasteiger charge is -2.26. The van der Waals surface area contributed by atoms with Crippen molar-refractivity contribution >= 4 is 28.9 Å². The van der Waals surface area contributed by atoms with Crippen LogP contribution in [0.15, 0.2) is 60.8 Å². The number of nitrogens with zero attached hydrogens (tertiary/aromatic N) is 2. The normalized spacial score (nSPS) is 18.3. The molecule has 0 saturated carbocycles. The van der Waals surface area contributed by atoms with Gasteiger partial charge < -0.3 is 20.5 Å². The van der Waals surface area contributed by atoms with Crippen LogP contribution in [-0.2, 0) is 4.79 Å². The van der Waals surface area contributed by atoms with E-state index in [2.05, 4.69) is 20.6 Å². The van der Waals surface area contributed by atoms with Gasteiger partial charge in [-0.2, -0.15) is 0 Å². The third-order valence-corrected chi connectivity index (χ3v) is 5.43. The number of hydrogen-bond acceptors (Lipinski definition) is 3. The van der Waals surface area contributed by atoms with Crippen molar-refractivity contribution in [3.05, 3.63) is 83.7 Å². The summed E-state index contributed by atoms with van der Waals surface area (Å²) in [5.41, 5.74) is 3.51. The van der Waals surface area contributed by atoms with Gasteiger partial charge in [-0.05, 0) is 67.7 Å². The number of hydrogen-bond donors (Lipinski definition) is 3. The molecule has 1 aromatic carbocycles. The van der Waals surface area contributed by atoms with Gasteiger partial charge >= 0.3 is 0 Å². The lowest BCUT2D eigenvalue weighted by atomic mass is 10.0. The predicted molar refractivity (Wildman–Crippen MR) is 117 cm³/mol. The van der Waals surface area contributed by atoms with Crippen LogP contribution in [-0.4, -0.2) is 32.4 Å².